The normalized spacial score (nSPS) is 21.0. The average Bonchev–Trinajstić information content (AvgIpc) is 2.76. The van der Waals surface area contributed by atoms with Gasteiger partial charge in [-0.05, 0) is 30.5 Å². The van der Waals surface area contributed by atoms with Crippen molar-refractivity contribution in [1.82, 2.24) is 10.3 Å². The lowest BCUT2D eigenvalue weighted by Crippen LogP contribution is -2.34. The third-order valence-electron chi connectivity index (χ3n) is 4.12. The Morgan fingerprint density at radius 1 is 1.50 bits per heavy atom. The van der Waals surface area contributed by atoms with Crippen LogP contribution in [-0.4, -0.2) is 29.1 Å². The van der Waals surface area contributed by atoms with E-state index in [-0.39, 0.29) is 29.7 Å². The molecule has 0 aromatic carbocycles. The minimum atomic E-state index is -1.09. The Morgan fingerprint density at radius 3 is 2.68 bits per heavy atom. The zero-order valence-electron chi connectivity index (χ0n) is 13.1. The molecule has 0 radical (unpaired) electrons. The quantitative estimate of drug-likeness (QED) is 0.869. The summed E-state index contributed by atoms with van der Waals surface area (Å²) in [5.74, 6) is -1.14. The van der Waals surface area contributed by atoms with Gasteiger partial charge in [-0.25, -0.2) is 4.79 Å². The van der Waals surface area contributed by atoms with Crippen molar-refractivity contribution < 1.29 is 19.4 Å². The Morgan fingerprint density at radius 2 is 2.18 bits per heavy atom. The van der Waals surface area contributed by atoms with E-state index < -0.39 is 11.4 Å². The van der Waals surface area contributed by atoms with E-state index in [2.05, 4.69) is 10.3 Å². The number of ether oxygens (including phenoxy) is 1. The number of nitrogens with one attached hydrogen (secondary N) is 1. The number of carbonyl (C=O) groups is 2. The maximum atomic E-state index is 12.2. The minimum Gasteiger partial charge on any atom is -0.478 e. The molecule has 0 saturated carbocycles. The Hall–Kier alpha value is -2.21. The third-order valence-corrected chi connectivity index (χ3v) is 4.12. The van der Waals surface area contributed by atoms with Crippen LogP contribution in [0.2, 0.25) is 0 Å². The minimum absolute atomic E-state index is 0.0501. The number of amides is 1. The van der Waals surface area contributed by atoms with E-state index in [1.54, 1.807) is 12.3 Å². The number of aromatic carboxylic acids is 1. The molecule has 2 rings (SSSR count). The molecule has 0 fully saturated rings. The standard InChI is InChI=1S/C16H20N2O4/c1-9(2)16(3)6-12(18-15(16)21)13-11(14(19)20)5-10(7-17-13)8-22-4/h5-7,9H,8H2,1-4H3,(H,18,21)(H,19,20). The molecule has 118 valence electrons. The SMILES string of the molecule is COCc1cnc(C2=CC(C)(C(C)C)C(=O)N2)c(C(=O)O)c1. The van der Waals surface area contributed by atoms with E-state index >= 15 is 0 Å². The molecule has 0 saturated heterocycles. The van der Waals surface area contributed by atoms with Crippen molar-refractivity contribution in [2.24, 2.45) is 11.3 Å². The summed E-state index contributed by atoms with van der Waals surface area (Å²) in [6.45, 7) is 6.01. The van der Waals surface area contributed by atoms with Crippen LogP contribution in [0.5, 0.6) is 0 Å². The highest BCUT2D eigenvalue weighted by Gasteiger charge is 2.41. The van der Waals surface area contributed by atoms with Crippen LogP contribution in [0.25, 0.3) is 5.70 Å². The van der Waals surface area contributed by atoms with Gasteiger partial charge in [0.2, 0.25) is 5.91 Å². The molecular formula is C16H20N2O4. The smallest absolute Gasteiger partial charge is 0.337 e. The molecule has 1 aliphatic rings. The first-order valence-electron chi connectivity index (χ1n) is 7.05. The number of hydrogen-bond acceptors (Lipinski definition) is 4. The third kappa shape index (κ3) is 2.74. The zero-order chi connectivity index (χ0) is 16.5. The van der Waals surface area contributed by atoms with Crippen LogP contribution < -0.4 is 5.32 Å². The predicted molar refractivity (Wildman–Crippen MR) is 81.0 cm³/mol. The molecule has 1 aliphatic heterocycles. The van der Waals surface area contributed by atoms with E-state index in [0.29, 0.717) is 11.3 Å². The molecule has 2 heterocycles. The second-order valence-corrected chi connectivity index (χ2v) is 5.93. The molecule has 0 aliphatic carbocycles. The van der Waals surface area contributed by atoms with Crippen molar-refractivity contribution in [2.75, 3.05) is 7.11 Å². The van der Waals surface area contributed by atoms with Gasteiger partial charge in [0.25, 0.3) is 0 Å². The Kier molecular flexibility index (Phi) is 4.32. The van der Waals surface area contributed by atoms with Crippen LogP contribution in [0.15, 0.2) is 18.3 Å². The summed E-state index contributed by atoms with van der Waals surface area (Å²) in [6, 6.07) is 1.52. The van der Waals surface area contributed by atoms with Gasteiger partial charge >= 0.3 is 5.97 Å². The van der Waals surface area contributed by atoms with Gasteiger partial charge in [0.15, 0.2) is 0 Å². The monoisotopic (exact) mass is 304 g/mol. The fourth-order valence-electron chi connectivity index (χ4n) is 2.35. The first kappa shape index (κ1) is 16.2. The topological polar surface area (TPSA) is 88.5 Å². The van der Waals surface area contributed by atoms with E-state index in [1.165, 1.54) is 13.2 Å². The number of aromatic nitrogens is 1. The van der Waals surface area contributed by atoms with Crippen LogP contribution >= 0.6 is 0 Å². The summed E-state index contributed by atoms with van der Waals surface area (Å²) >= 11 is 0. The summed E-state index contributed by atoms with van der Waals surface area (Å²) in [7, 11) is 1.53. The van der Waals surface area contributed by atoms with E-state index in [4.69, 9.17) is 4.74 Å². The van der Waals surface area contributed by atoms with E-state index in [1.807, 2.05) is 20.8 Å². The second-order valence-electron chi connectivity index (χ2n) is 5.93. The highest BCUT2D eigenvalue weighted by molar-refractivity contribution is 6.01. The molecule has 0 spiro atoms. The first-order chi connectivity index (χ1) is 10.3. The number of carbonyl (C=O) groups excluding carboxylic acids is 1. The highest BCUT2D eigenvalue weighted by atomic mass is 16.5. The number of rotatable bonds is 5. The van der Waals surface area contributed by atoms with Gasteiger partial charge in [-0.15, -0.1) is 0 Å². The van der Waals surface area contributed by atoms with Crippen molar-refractivity contribution in [3.05, 3.63) is 35.2 Å². The zero-order valence-corrected chi connectivity index (χ0v) is 13.1. The number of pyridine rings is 1. The number of nitrogens with zero attached hydrogens (tertiary/aromatic N) is 1. The van der Waals surface area contributed by atoms with Gasteiger partial charge in [0.05, 0.1) is 23.3 Å². The van der Waals surface area contributed by atoms with Crippen molar-refractivity contribution in [3.8, 4) is 0 Å². The lowest BCUT2D eigenvalue weighted by Gasteiger charge is -2.23. The van der Waals surface area contributed by atoms with Crippen molar-refractivity contribution >= 4 is 17.6 Å². The lowest BCUT2D eigenvalue weighted by atomic mass is 9.79. The first-order valence-corrected chi connectivity index (χ1v) is 7.05. The van der Waals surface area contributed by atoms with Crippen LogP contribution in [0.1, 0.15) is 42.4 Å². The summed E-state index contributed by atoms with van der Waals surface area (Å²) in [6.07, 6.45) is 3.33. The molecule has 6 nitrogen and oxygen atoms in total. The predicted octanol–water partition coefficient (Wildman–Crippen LogP) is 2.06. The van der Waals surface area contributed by atoms with Gasteiger partial charge in [0, 0.05) is 13.3 Å². The summed E-state index contributed by atoms with van der Waals surface area (Å²) in [5.41, 5.74) is 0.764. The Balaban J connectivity index is 2.49. The summed E-state index contributed by atoms with van der Waals surface area (Å²) < 4.78 is 4.99. The molecular weight excluding hydrogens is 284 g/mol. The van der Waals surface area contributed by atoms with Crippen LogP contribution in [-0.2, 0) is 16.1 Å². The largest absolute Gasteiger partial charge is 0.478 e. The molecule has 1 atom stereocenters. The Labute approximate surface area is 129 Å². The summed E-state index contributed by atoms with van der Waals surface area (Å²) in [5, 5.41) is 12.2. The summed E-state index contributed by atoms with van der Waals surface area (Å²) in [4.78, 5) is 27.9. The molecule has 22 heavy (non-hydrogen) atoms. The molecule has 1 aromatic rings. The van der Waals surface area contributed by atoms with Crippen LogP contribution in [0, 0.1) is 11.3 Å². The van der Waals surface area contributed by atoms with Crippen LogP contribution in [0.4, 0.5) is 0 Å². The maximum absolute atomic E-state index is 12.2. The molecule has 2 N–H and O–H groups in total. The number of hydrogen-bond donors (Lipinski definition) is 2. The molecule has 1 amide bonds. The van der Waals surface area contributed by atoms with Gasteiger partial charge < -0.3 is 15.2 Å². The molecule has 6 heteroatoms. The number of carboxylic acids is 1. The highest BCUT2D eigenvalue weighted by Crippen LogP contribution is 2.37. The fraction of sp³-hybridized carbons (Fsp3) is 0.438. The van der Waals surface area contributed by atoms with Crippen molar-refractivity contribution in [1.29, 1.82) is 0 Å². The van der Waals surface area contributed by atoms with Crippen LogP contribution in [0.3, 0.4) is 0 Å². The maximum Gasteiger partial charge on any atom is 0.337 e. The van der Waals surface area contributed by atoms with Gasteiger partial charge in [-0.3, -0.25) is 9.78 Å². The molecule has 0 bridgehead atoms. The lowest BCUT2D eigenvalue weighted by molar-refractivity contribution is -0.127. The number of methoxy groups -OCH3 is 1. The average molecular weight is 304 g/mol. The second kappa shape index (κ2) is 5.88. The van der Waals surface area contributed by atoms with Crippen molar-refractivity contribution in [3.63, 3.8) is 0 Å². The van der Waals surface area contributed by atoms with E-state index in [9.17, 15) is 14.7 Å². The molecule has 1 unspecified atom stereocenters. The van der Waals surface area contributed by atoms with Crippen molar-refractivity contribution in [2.45, 2.75) is 27.4 Å². The fourth-order valence-corrected chi connectivity index (χ4v) is 2.35. The van der Waals surface area contributed by atoms with Gasteiger partial charge in [-0.2, -0.15) is 0 Å². The number of carboxylic acid groups (broad SMARTS) is 1. The molecule has 1 aromatic heterocycles. The van der Waals surface area contributed by atoms with Gasteiger partial charge in [0.1, 0.15) is 5.69 Å². The van der Waals surface area contributed by atoms with E-state index in [0.717, 1.165) is 0 Å². The Bertz CT molecular complexity index is 652. The van der Waals surface area contributed by atoms with Gasteiger partial charge in [-0.1, -0.05) is 13.8 Å².